The molecular formula is C13H26N4O. The minimum Gasteiger partial charge on any atom is -0.382 e. The van der Waals surface area contributed by atoms with Crippen LogP contribution in [0.1, 0.15) is 39.0 Å². The van der Waals surface area contributed by atoms with Gasteiger partial charge in [-0.05, 0) is 50.9 Å². The van der Waals surface area contributed by atoms with Gasteiger partial charge in [0.2, 0.25) is 5.96 Å². The molecule has 5 nitrogen and oxygen atoms in total. The van der Waals surface area contributed by atoms with Gasteiger partial charge in [-0.25, -0.2) is 5.84 Å². The molecule has 0 aromatic heterocycles. The number of aliphatic imine (C=N–C) groups is 1. The molecule has 0 aliphatic heterocycles. The molecule has 0 spiro atoms. The number of nitrogens with one attached hydrogen (secondary N) is 2. The van der Waals surface area contributed by atoms with Gasteiger partial charge >= 0.3 is 0 Å². The third-order valence-electron chi connectivity index (χ3n) is 3.62. The van der Waals surface area contributed by atoms with Crippen LogP contribution < -0.4 is 16.6 Å². The second-order valence-corrected chi connectivity index (χ2v) is 5.27. The molecule has 2 rings (SSSR count). The summed E-state index contributed by atoms with van der Waals surface area (Å²) in [6.45, 7) is 4.31. The number of guanidine groups is 1. The maximum Gasteiger partial charge on any atom is 0.205 e. The van der Waals surface area contributed by atoms with Gasteiger partial charge in [-0.1, -0.05) is 0 Å². The molecule has 0 saturated heterocycles. The second-order valence-electron chi connectivity index (χ2n) is 5.27. The Balaban J connectivity index is 1.71. The smallest absolute Gasteiger partial charge is 0.205 e. The Hall–Kier alpha value is -0.810. The zero-order valence-corrected chi connectivity index (χ0v) is 11.3. The maximum absolute atomic E-state index is 5.53. The van der Waals surface area contributed by atoms with Crippen LogP contribution in [0.3, 0.4) is 0 Å². The summed E-state index contributed by atoms with van der Waals surface area (Å²) in [7, 11) is 0. The van der Waals surface area contributed by atoms with E-state index in [1.807, 2.05) is 6.92 Å². The SMILES string of the molecule is CCOCCCN=C(NN)NC(C1CC1)C1CC1. The van der Waals surface area contributed by atoms with Gasteiger partial charge in [-0.2, -0.15) is 0 Å². The summed E-state index contributed by atoms with van der Waals surface area (Å²) in [5.74, 6) is 7.97. The first-order chi connectivity index (χ1) is 8.85. The van der Waals surface area contributed by atoms with Crippen LogP contribution in [0.15, 0.2) is 4.99 Å². The molecule has 2 aliphatic carbocycles. The first-order valence-corrected chi connectivity index (χ1v) is 7.20. The molecular weight excluding hydrogens is 228 g/mol. The van der Waals surface area contributed by atoms with E-state index in [9.17, 15) is 0 Å². The van der Waals surface area contributed by atoms with Crippen molar-refractivity contribution in [2.45, 2.75) is 45.1 Å². The quantitative estimate of drug-likeness (QED) is 0.199. The third kappa shape index (κ3) is 4.46. The monoisotopic (exact) mass is 254 g/mol. The van der Waals surface area contributed by atoms with E-state index in [1.165, 1.54) is 25.7 Å². The number of hydrogen-bond acceptors (Lipinski definition) is 3. The van der Waals surface area contributed by atoms with Crippen molar-refractivity contribution in [1.82, 2.24) is 10.7 Å². The van der Waals surface area contributed by atoms with Gasteiger partial charge in [0.1, 0.15) is 0 Å². The van der Waals surface area contributed by atoms with Crippen LogP contribution in [-0.2, 0) is 4.74 Å². The van der Waals surface area contributed by atoms with E-state index in [2.05, 4.69) is 15.7 Å². The van der Waals surface area contributed by atoms with Gasteiger partial charge in [-0.3, -0.25) is 10.4 Å². The lowest BCUT2D eigenvalue weighted by atomic mass is 10.1. The van der Waals surface area contributed by atoms with Crippen molar-refractivity contribution in [3.05, 3.63) is 0 Å². The molecule has 0 bridgehead atoms. The topological polar surface area (TPSA) is 71.7 Å². The Morgan fingerprint density at radius 1 is 1.33 bits per heavy atom. The second kappa shape index (κ2) is 6.95. The summed E-state index contributed by atoms with van der Waals surface area (Å²) in [6, 6.07) is 0.590. The van der Waals surface area contributed by atoms with Crippen molar-refractivity contribution in [1.29, 1.82) is 0 Å². The van der Waals surface area contributed by atoms with Gasteiger partial charge in [0.05, 0.1) is 0 Å². The lowest BCUT2D eigenvalue weighted by molar-refractivity contribution is 0.146. The molecule has 0 amide bonds. The van der Waals surface area contributed by atoms with Crippen molar-refractivity contribution < 1.29 is 4.74 Å². The molecule has 0 aromatic carbocycles. The highest BCUT2D eigenvalue weighted by Gasteiger charge is 2.41. The fourth-order valence-corrected chi connectivity index (χ4v) is 2.32. The van der Waals surface area contributed by atoms with Gasteiger partial charge in [0.15, 0.2) is 0 Å². The molecule has 0 radical (unpaired) electrons. The van der Waals surface area contributed by atoms with Crippen molar-refractivity contribution in [3.8, 4) is 0 Å². The third-order valence-corrected chi connectivity index (χ3v) is 3.62. The fourth-order valence-electron chi connectivity index (χ4n) is 2.32. The Labute approximate surface area is 110 Å². The van der Waals surface area contributed by atoms with E-state index < -0.39 is 0 Å². The van der Waals surface area contributed by atoms with Crippen molar-refractivity contribution in [3.63, 3.8) is 0 Å². The van der Waals surface area contributed by atoms with Crippen LogP contribution in [0, 0.1) is 11.8 Å². The minimum atomic E-state index is 0.590. The summed E-state index contributed by atoms with van der Waals surface area (Å²) in [4.78, 5) is 4.46. The standard InChI is InChI=1S/C13H26N4O/c1-2-18-9-3-8-15-13(17-14)16-12(10-4-5-10)11-6-7-11/h10-12H,2-9,14H2,1H3,(H2,15,16,17). The largest absolute Gasteiger partial charge is 0.382 e. The summed E-state index contributed by atoms with van der Waals surface area (Å²) in [5.41, 5.74) is 2.69. The molecule has 5 heteroatoms. The van der Waals surface area contributed by atoms with Crippen molar-refractivity contribution >= 4 is 5.96 Å². The predicted molar refractivity (Wildman–Crippen MR) is 73.1 cm³/mol. The molecule has 0 aromatic rings. The normalized spacial score (nSPS) is 20.3. The number of hydrogen-bond donors (Lipinski definition) is 3. The fraction of sp³-hybridized carbons (Fsp3) is 0.923. The average molecular weight is 254 g/mol. The Kier molecular flexibility index (Phi) is 5.26. The molecule has 4 N–H and O–H groups in total. The summed E-state index contributed by atoms with van der Waals surface area (Å²) >= 11 is 0. The Morgan fingerprint density at radius 2 is 2.00 bits per heavy atom. The molecule has 2 aliphatic rings. The van der Waals surface area contributed by atoms with Crippen molar-refractivity contribution in [2.24, 2.45) is 22.7 Å². The van der Waals surface area contributed by atoms with Gasteiger partial charge < -0.3 is 10.1 Å². The zero-order valence-electron chi connectivity index (χ0n) is 11.3. The molecule has 18 heavy (non-hydrogen) atoms. The first kappa shape index (κ1) is 13.6. The molecule has 0 heterocycles. The van der Waals surface area contributed by atoms with Crippen LogP contribution >= 0.6 is 0 Å². The van der Waals surface area contributed by atoms with Crippen LogP contribution in [0.4, 0.5) is 0 Å². The minimum absolute atomic E-state index is 0.590. The van der Waals surface area contributed by atoms with E-state index in [0.29, 0.717) is 6.04 Å². The first-order valence-electron chi connectivity index (χ1n) is 7.20. The number of ether oxygens (including phenoxy) is 1. The lowest BCUT2D eigenvalue weighted by Gasteiger charge is -2.19. The number of rotatable bonds is 8. The van der Waals surface area contributed by atoms with Crippen LogP contribution in [0.25, 0.3) is 0 Å². The molecule has 0 unspecified atom stereocenters. The molecule has 2 fully saturated rings. The van der Waals surface area contributed by atoms with E-state index in [1.54, 1.807) is 0 Å². The van der Waals surface area contributed by atoms with Gasteiger partial charge in [0.25, 0.3) is 0 Å². The molecule has 2 saturated carbocycles. The molecule has 0 atom stereocenters. The number of hydrazine groups is 1. The maximum atomic E-state index is 5.53. The predicted octanol–water partition coefficient (Wildman–Crippen LogP) is 1.01. The van der Waals surface area contributed by atoms with Crippen LogP contribution in [0.2, 0.25) is 0 Å². The van der Waals surface area contributed by atoms with Crippen molar-refractivity contribution in [2.75, 3.05) is 19.8 Å². The Morgan fingerprint density at radius 3 is 2.50 bits per heavy atom. The van der Waals surface area contributed by atoms with Crippen LogP contribution in [0.5, 0.6) is 0 Å². The lowest BCUT2D eigenvalue weighted by Crippen LogP contribution is -2.48. The summed E-state index contributed by atoms with van der Waals surface area (Å²) in [6.07, 6.45) is 6.37. The van der Waals surface area contributed by atoms with Gasteiger partial charge in [0, 0.05) is 25.8 Å². The zero-order chi connectivity index (χ0) is 12.8. The Bertz CT molecular complexity index is 262. The summed E-state index contributed by atoms with van der Waals surface area (Å²) in [5, 5.41) is 3.49. The number of nitrogens with zero attached hydrogens (tertiary/aromatic N) is 1. The highest BCUT2D eigenvalue weighted by atomic mass is 16.5. The van der Waals surface area contributed by atoms with E-state index in [4.69, 9.17) is 10.6 Å². The average Bonchev–Trinajstić information content (AvgIpc) is 3.26. The highest BCUT2D eigenvalue weighted by molar-refractivity contribution is 5.79. The van der Waals surface area contributed by atoms with E-state index in [0.717, 1.165) is 44.0 Å². The van der Waals surface area contributed by atoms with E-state index in [-0.39, 0.29) is 0 Å². The molecule has 104 valence electrons. The van der Waals surface area contributed by atoms with Crippen LogP contribution in [-0.4, -0.2) is 31.8 Å². The summed E-state index contributed by atoms with van der Waals surface area (Å²) < 4.78 is 5.29. The van der Waals surface area contributed by atoms with E-state index >= 15 is 0 Å². The highest BCUT2D eigenvalue weighted by Crippen LogP contribution is 2.44. The van der Waals surface area contributed by atoms with Gasteiger partial charge in [-0.15, -0.1) is 0 Å². The number of nitrogens with two attached hydrogens (primary N) is 1.